The lowest BCUT2D eigenvalue weighted by Crippen LogP contribution is -2.30. The van der Waals surface area contributed by atoms with Crippen LogP contribution >= 0.6 is 28.2 Å². The van der Waals surface area contributed by atoms with Crippen LogP contribution in [-0.4, -0.2) is 22.2 Å². The molecule has 21 heavy (non-hydrogen) atoms. The van der Waals surface area contributed by atoms with Gasteiger partial charge in [0.2, 0.25) is 0 Å². The summed E-state index contributed by atoms with van der Waals surface area (Å²) in [6.45, 7) is 3.91. The average molecular weight is 346 g/mol. The summed E-state index contributed by atoms with van der Waals surface area (Å²) in [5.41, 5.74) is -2.05. The van der Waals surface area contributed by atoms with Gasteiger partial charge in [0, 0.05) is 11.3 Å². The second kappa shape index (κ2) is 7.23. The summed E-state index contributed by atoms with van der Waals surface area (Å²) in [7, 11) is 0. The van der Waals surface area contributed by atoms with Gasteiger partial charge in [0.05, 0.1) is 11.6 Å². The number of nitrogens with one attached hydrogen (secondary N) is 1. The molecule has 2 N–H and O–H groups in total. The molecule has 3 nitrogen and oxygen atoms in total. The van der Waals surface area contributed by atoms with E-state index in [-0.39, 0.29) is 17.6 Å². The number of ketones is 1. The van der Waals surface area contributed by atoms with Gasteiger partial charge >= 0.3 is 0 Å². The molecule has 0 amide bonds. The molecule has 1 aromatic rings. The van der Waals surface area contributed by atoms with Crippen molar-refractivity contribution < 1.29 is 9.90 Å². The number of aromatic hydroxyl groups is 1. The summed E-state index contributed by atoms with van der Waals surface area (Å²) < 4.78 is 0. The maximum atomic E-state index is 12.0. The number of benzene rings is 1. The molecule has 0 bridgehead atoms. The molecule has 0 spiro atoms. The van der Waals surface area contributed by atoms with Gasteiger partial charge in [-0.1, -0.05) is 29.5 Å². The Morgan fingerprint density at radius 1 is 1.43 bits per heavy atom. The highest BCUT2D eigenvalue weighted by molar-refractivity contribution is 8.68. The van der Waals surface area contributed by atoms with E-state index in [1.54, 1.807) is 23.5 Å². The van der Waals surface area contributed by atoms with Crippen LogP contribution in [0.2, 0.25) is 0 Å². The van der Waals surface area contributed by atoms with Crippen molar-refractivity contribution >= 4 is 39.3 Å². The number of carbonyl (C=O) groups is 1. The highest BCUT2D eigenvalue weighted by Crippen LogP contribution is 2.69. The van der Waals surface area contributed by atoms with E-state index < -0.39 is 5.59 Å². The van der Waals surface area contributed by atoms with Crippen LogP contribution in [-0.2, 0) is 4.79 Å². The van der Waals surface area contributed by atoms with Crippen LogP contribution in [0.5, 0.6) is 5.75 Å². The summed E-state index contributed by atoms with van der Waals surface area (Å²) in [5.74, 6) is 0.464. The predicted octanol–water partition coefficient (Wildman–Crippen LogP) is 4.80. The lowest BCUT2D eigenvalue weighted by molar-refractivity contribution is -0.120. The normalized spacial score (nSPS) is 18.1. The Morgan fingerprint density at radius 2 is 2.05 bits per heavy atom. The van der Waals surface area contributed by atoms with Gasteiger partial charge in [0.15, 0.2) is 0 Å². The minimum Gasteiger partial charge on any atom is -0.508 e. The van der Waals surface area contributed by atoms with E-state index in [0.29, 0.717) is 6.42 Å². The Hall–Kier alpha value is -0.410. The second-order valence-corrected chi connectivity index (χ2v) is 12.2. The van der Waals surface area contributed by atoms with Crippen molar-refractivity contribution in [2.45, 2.75) is 50.5 Å². The number of phenols is 1. The van der Waals surface area contributed by atoms with Crippen molar-refractivity contribution in [2.24, 2.45) is 0 Å². The van der Waals surface area contributed by atoms with Crippen molar-refractivity contribution in [3.8, 4) is 5.75 Å². The molecule has 0 saturated heterocycles. The smallest absolute Gasteiger partial charge is 0.149 e. The first-order valence-corrected chi connectivity index (χ1v) is 11.3. The Balaban J connectivity index is 2.13. The predicted molar refractivity (Wildman–Crippen MR) is 93.5 cm³/mol. The zero-order valence-corrected chi connectivity index (χ0v) is 14.8. The number of hydrogen-bond donors (Lipinski definition) is 2. The number of rotatable bonds is 7. The van der Waals surface area contributed by atoms with Crippen LogP contribution in [0.15, 0.2) is 29.2 Å². The third-order valence-corrected chi connectivity index (χ3v) is 10.1. The SMILES string of the molecule is CCCC(=O)C(C)NP(Cl)(Sc1ccc(O)cc1)=C1CC1. The Kier molecular flexibility index (Phi) is 5.84. The Morgan fingerprint density at radius 3 is 2.57 bits per heavy atom. The van der Waals surface area contributed by atoms with Crippen LogP contribution in [0, 0.1) is 0 Å². The fourth-order valence-electron chi connectivity index (χ4n) is 1.96. The third-order valence-electron chi connectivity index (χ3n) is 3.29. The van der Waals surface area contributed by atoms with Crippen molar-refractivity contribution in [1.29, 1.82) is 0 Å². The number of hydrogen-bond acceptors (Lipinski definition) is 4. The van der Waals surface area contributed by atoms with E-state index in [1.807, 2.05) is 26.0 Å². The molecule has 1 aliphatic rings. The van der Waals surface area contributed by atoms with Gasteiger partial charge < -0.3 is 5.11 Å². The van der Waals surface area contributed by atoms with Crippen LogP contribution in [0.25, 0.3) is 0 Å². The molecule has 0 radical (unpaired) electrons. The zero-order valence-electron chi connectivity index (χ0n) is 12.3. The quantitative estimate of drug-likeness (QED) is 0.697. The fraction of sp³-hybridized carbons (Fsp3) is 0.467. The summed E-state index contributed by atoms with van der Waals surface area (Å²) >= 11 is 8.46. The van der Waals surface area contributed by atoms with E-state index in [2.05, 4.69) is 5.09 Å². The van der Waals surface area contributed by atoms with E-state index in [4.69, 9.17) is 11.2 Å². The van der Waals surface area contributed by atoms with E-state index >= 15 is 0 Å². The van der Waals surface area contributed by atoms with Crippen molar-refractivity contribution in [1.82, 2.24) is 5.09 Å². The maximum Gasteiger partial charge on any atom is 0.149 e. The molecule has 0 aromatic heterocycles. The second-order valence-electron chi connectivity index (χ2n) is 5.25. The van der Waals surface area contributed by atoms with Gasteiger partial charge in [-0.15, -0.1) is 0 Å². The molecule has 1 aliphatic carbocycles. The van der Waals surface area contributed by atoms with E-state index in [9.17, 15) is 9.90 Å². The van der Waals surface area contributed by atoms with Gasteiger partial charge in [-0.25, -0.2) is 0 Å². The van der Waals surface area contributed by atoms with Crippen LogP contribution in [0.1, 0.15) is 39.5 Å². The van der Waals surface area contributed by atoms with Gasteiger partial charge in [-0.2, -0.15) is 0 Å². The molecule has 2 atom stereocenters. The number of Topliss-reactive ketones (excluding diaryl/α,β-unsaturated/α-hetero) is 1. The molecule has 1 fully saturated rings. The molecule has 1 saturated carbocycles. The highest BCUT2D eigenvalue weighted by Gasteiger charge is 2.31. The molecule has 116 valence electrons. The first-order chi connectivity index (χ1) is 9.94. The van der Waals surface area contributed by atoms with Gasteiger partial charge in [0.1, 0.15) is 11.5 Å². The summed E-state index contributed by atoms with van der Waals surface area (Å²) in [6, 6.07) is 6.83. The van der Waals surface area contributed by atoms with Crippen molar-refractivity contribution in [3.63, 3.8) is 0 Å². The highest BCUT2D eigenvalue weighted by atomic mass is 35.7. The number of phenolic OH excluding ortho intramolecular Hbond substituents is 1. The lowest BCUT2D eigenvalue weighted by Gasteiger charge is -2.24. The van der Waals surface area contributed by atoms with Crippen LogP contribution in [0.3, 0.4) is 0 Å². The molecule has 6 heteroatoms. The van der Waals surface area contributed by atoms with Gasteiger partial charge in [-0.05, 0) is 55.7 Å². The molecular weight excluding hydrogens is 325 g/mol. The lowest BCUT2D eigenvalue weighted by atomic mass is 10.1. The van der Waals surface area contributed by atoms with Gasteiger partial charge in [-0.3, -0.25) is 9.88 Å². The van der Waals surface area contributed by atoms with E-state index in [1.165, 1.54) is 5.29 Å². The third kappa shape index (κ3) is 4.79. The summed E-state index contributed by atoms with van der Waals surface area (Å²) in [6.07, 6.45) is 3.54. The topological polar surface area (TPSA) is 49.3 Å². The fourth-order valence-corrected chi connectivity index (χ4v) is 8.67. The zero-order chi connectivity index (χ0) is 15.5. The van der Waals surface area contributed by atoms with E-state index in [0.717, 1.165) is 24.2 Å². The summed E-state index contributed by atoms with van der Waals surface area (Å²) in [5, 5.41) is 14.1. The molecule has 2 unspecified atom stereocenters. The van der Waals surface area contributed by atoms with Crippen LogP contribution in [0.4, 0.5) is 0 Å². The average Bonchev–Trinajstić information content (AvgIpc) is 3.26. The minimum atomic E-state index is -2.05. The molecule has 2 rings (SSSR count). The molecule has 1 aromatic carbocycles. The molecule has 0 heterocycles. The maximum absolute atomic E-state index is 12.0. The van der Waals surface area contributed by atoms with Gasteiger partial charge in [0.25, 0.3) is 0 Å². The number of carbonyl (C=O) groups excluding carboxylic acids is 1. The minimum absolute atomic E-state index is 0.214. The number of halogens is 1. The Bertz CT molecular complexity index is 568. The largest absolute Gasteiger partial charge is 0.508 e. The Labute approximate surface area is 135 Å². The first-order valence-electron chi connectivity index (χ1n) is 7.17. The first kappa shape index (κ1) is 17.0. The molecule has 0 aliphatic heterocycles. The molecular formula is C15H21ClNO2PS. The van der Waals surface area contributed by atoms with Crippen molar-refractivity contribution in [3.05, 3.63) is 24.3 Å². The summed E-state index contributed by atoms with van der Waals surface area (Å²) in [4.78, 5) is 13.0. The van der Waals surface area contributed by atoms with Crippen molar-refractivity contribution in [2.75, 3.05) is 0 Å². The standard InChI is InChI=1S/C15H21ClNO2PS/c1-3-4-15(19)11(2)17-20(16,13-7-8-13)21-14-9-5-12(18)6-10-14/h5-6,9-11,17-18H,3-4,7-8H2,1-2H3. The monoisotopic (exact) mass is 345 g/mol. The van der Waals surface area contributed by atoms with Crippen LogP contribution < -0.4 is 5.09 Å².